The van der Waals surface area contributed by atoms with E-state index < -0.39 is 18.2 Å². The highest BCUT2D eigenvalue weighted by atomic mass is 32.1. The number of aliphatic hydroxyl groups is 1. The Hall–Kier alpha value is -3.76. The summed E-state index contributed by atoms with van der Waals surface area (Å²) in [5.74, 6) is -0.510. The number of hydrogen-bond donors (Lipinski definition) is 3. The van der Waals surface area contributed by atoms with Crippen LogP contribution in [0.2, 0.25) is 0 Å². The number of β-amino-alcohol motifs (C(OH)–C–C–N with tert-alkyl or cyclic N) is 1. The normalized spacial score (nSPS) is 18.1. The van der Waals surface area contributed by atoms with Crippen LogP contribution in [0.25, 0.3) is 0 Å². The molecule has 3 aromatic rings. The molecule has 0 aliphatic carbocycles. The van der Waals surface area contributed by atoms with Crippen molar-refractivity contribution >= 4 is 29.2 Å². The van der Waals surface area contributed by atoms with Crippen LogP contribution < -0.4 is 10.6 Å². The number of rotatable bonds is 12. The van der Waals surface area contributed by atoms with Crippen molar-refractivity contribution in [2.24, 2.45) is 0 Å². The number of likely N-dealkylation sites (tertiary alicyclic amines) is 1. The first-order valence-corrected chi connectivity index (χ1v) is 14.4. The predicted molar refractivity (Wildman–Crippen MR) is 152 cm³/mol. The van der Waals surface area contributed by atoms with Crippen LogP contribution in [0.5, 0.6) is 0 Å². The van der Waals surface area contributed by atoms with Crippen molar-refractivity contribution in [2.75, 3.05) is 6.54 Å². The molecule has 2 heterocycles. The molecule has 3 amide bonds. The Balaban J connectivity index is 1.44. The van der Waals surface area contributed by atoms with Crippen molar-refractivity contribution < 1.29 is 24.2 Å². The van der Waals surface area contributed by atoms with Gasteiger partial charge in [-0.15, -0.1) is 11.3 Å². The molecule has 3 N–H and O–H groups in total. The Kier molecular flexibility index (Phi) is 10.7. The number of aromatic nitrogens is 1. The third-order valence-electron chi connectivity index (χ3n) is 7.00. The highest BCUT2D eigenvalue weighted by molar-refractivity contribution is 7.09. The fourth-order valence-corrected chi connectivity index (χ4v) is 5.52. The highest BCUT2D eigenvalue weighted by Crippen LogP contribution is 2.20. The van der Waals surface area contributed by atoms with Gasteiger partial charge in [-0.25, -0.2) is 4.79 Å². The maximum atomic E-state index is 13.3. The summed E-state index contributed by atoms with van der Waals surface area (Å²) >= 11 is 1.42. The first-order chi connectivity index (χ1) is 19.4. The minimum atomic E-state index is -0.720. The number of nitrogens with zero attached hydrogens (tertiary/aromatic N) is 2. The van der Waals surface area contributed by atoms with Crippen LogP contribution >= 0.6 is 11.3 Å². The molecule has 212 valence electrons. The molecule has 40 heavy (non-hydrogen) atoms. The molecule has 0 saturated carbocycles. The van der Waals surface area contributed by atoms with Crippen molar-refractivity contribution in [1.82, 2.24) is 20.5 Å². The SMILES string of the molecule is CC(=O)N1C[C@H](O)C[C@H]1C(=O)N[C@@H](CC[C@@H](Cc1ccccc1)NC(=O)OCc1cncs1)Cc1ccccc1. The van der Waals surface area contributed by atoms with Gasteiger partial charge in [0, 0.05) is 38.2 Å². The summed E-state index contributed by atoms with van der Waals surface area (Å²) in [6.07, 6.45) is 3.04. The van der Waals surface area contributed by atoms with Gasteiger partial charge in [0.2, 0.25) is 11.8 Å². The number of alkyl carbamates (subject to hydrolysis) is 1. The van der Waals surface area contributed by atoms with Crippen molar-refractivity contribution in [3.63, 3.8) is 0 Å². The number of carbonyl (C=O) groups excluding carboxylic acids is 3. The second-order valence-corrected chi connectivity index (χ2v) is 11.1. The van der Waals surface area contributed by atoms with Crippen molar-refractivity contribution in [1.29, 1.82) is 0 Å². The molecule has 1 aromatic heterocycles. The molecular weight excluding hydrogens is 528 g/mol. The van der Waals surface area contributed by atoms with Crippen LogP contribution in [0, 0.1) is 0 Å². The lowest BCUT2D eigenvalue weighted by molar-refractivity contribution is -0.137. The molecule has 1 fully saturated rings. The van der Waals surface area contributed by atoms with Crippen LogP contribution in [0.3, 0.4) is 0 Å². The third-order valence-corrected chi connectivity index (χ3v) is 7.75. The lowest BCUT2D eigenvalue weighted by Gasteiger charge is -2.27. The van der Waals surface area contributed by atoms with Crippen molar-refractivity contribution in [3.8, 4) is 0 Å². The fraction of sp³-hybridized carbons (Fsp3) is 0.400. The Labute approximate surface area is 238 Å². The molecule has 4 rings (SSSR count). The van der Waals surface area contributed by atoms with E-state index in [1.807, 2.05) is 60.7 Å². The number of nitrogens with one attached hydrogen (secondary N) is 2. The number of carbonyl (C=O) groups is 3. The number of benzene rings is 2. The predicted octanol–water partition coefficient (Wildman–Crippen LogP) is 3.47. The van der Waals surface area contributed by atoms with Gasteiger partial charge in [-0.3, -0.25) is 14.6 Å². The van der Waals surface area contributed by atoms with Crippen LogP contribution in [0.15, 0.2) is 72.4 Å². The van der Waals surface area contributed by atoms with Gasteiger partial charge in [-0.05, 0) is 36.8 Å². The second-order valence-electron chi connectivity index (χ2n) is 10.1. The summed E-state index contributed by atoms with van der Waals surface area (Å²) in [6.45, 7) is 1.72. The molecule has 1 saturated heterocycles. The number of ether oxygens (including phenoxy) is 1. The summed E-state index contributed by atoms with van der Waals surface area (Å²) in [5, 5.41) is 16.3. The van der Waals surface area contributed by atoms with Gasteiger partial charge in [-0.2, -0.15) is 0 Å². The van der Waals surface area contributed by atoms with Gasteiger partial charge in [0.1, 0.15) is 12.6 Å². The van der Waals surface area contributed by atoms with E-state index in [0.29, 0.717) is 25.7 Å². The molecular formula is C30H36N4O5S. The Morgan fingerprint density at radius 1 is 1.00 bits per heavy atom. The van der Waals surface area contributed by atoms with E-state index in [0.717, 1.165) is 16.0 Å². The van der Waals surface area contributed by atoms with Crippen LogP contribution in [-0.4, -0.2) is 63.7 Å². The van der Waals surface area contributed by atoms with Gasteiger partial charge >= 0.3 is 6.09 Å². The van der Waals surface area contributed by atoms with E-state index in [2.05, 4.69) is 15.6 Å². The summed E-state index contributed by atoms with van der Waals surface area (Å²) in [6, 6.07) is 18.6. The maximum Gasteiger partial charge on any atom is 0.407 e. The highest BCUT2D eigenvalue weighted by Gasteiger charge is 2.38. The average Bonchev–Trinajstić information content (AvgIpc) is 3.61. The minimum Gasteiger partial charge on any atom is -0.444 e. The number of amides is 3. The fourth-order valence-electron chi connectivity index (χ4n) is 5.02. The van der Waals surface area contributed by atoms with Gasteiger partial charge in [0.15, 0.2) is 0 Å². The third kappa shape index (κ3) is 8.89. The van der Waals surface area contributed by atoms with E-state index >= 15 is 0 Å². The van der Waals surface area contributed by atoms with Gasteiger partial charge < -0.3 is 25.4 Å². The molecule has 10 heteroatoms. The Bertz CT molecular complexity index is 1230. The lowest BCUT2D eigenvalue weighted by atomic mass is 9.95. The average molecular weight is 565 g/mol. The van der Waals surface area contributed by atoms with Crippen LogP contribution in [0.1, 0.15) is 42.2 Å². The molecule has 4 atom stereocenters. The van der Waals surface area contributed by atoms with E-state index in [1.165, 1.54) is 23.2 Å². The summed E-state index contributed by atoms with van der Waals surface area (Å²) < 4.78 is 5.42. The van der Waals surface area contributed by atoms with Gasteiger partial charge in [-0.1, -0.05) is 60.7 Å². The first kappa shape index (κ1) is 29.2. The largest absolute Gasteiger partial charge is 0.444 e. The van der Waals surface area contributed by atoms with Crippen LogP contribution in [-0.2, 0) is 33.8 Å². The van der Waals surface area contributed by atoms with E-state index in [1.54, 1.807) is 11.7 Å². The molecule has 1 aliphatic heterocycles. The second kappa shape index (κ2) is 14.6. The van der Waals surface area contributed by atoms with E-state index in [-0.39, 0.29) is 43.5 Å². The molecule has 0 unspecified atom stereocenters. The zero-order valence-electron chi connectivity index (χ0n) is 22.6. The zero-order valence-corrected chi connectivity index (χ0v) is 23.4. The molecule has 1 aliphatic rings. The summed E-state index contributed by atoms with van der Waals surface area (Å²) in [5.41, 5.74) is 3.84. The monoisotopic (exact) mass is 564 g/mol. The number of aliphatic hydroxyl groups excluding tert-OH is 1. The molecule has 9 nitrogen and oxygen atoms in total. The molecule has 2 aromatic carbocycles. The standard InChI is InChI=1S/C30H36N4O5S/c1-21(35)34-18-26(36)16-28(34)29(37)32-24(14-22-8-4-2-5-9-22)12-13-25(15-23-10-6-3-7-11-23)33-30(38)39-19-27-17-31-20-40-27/h2-11,17,20,24-26,28,36H,12-16,18-19H2,1H3,(H,32,37)(H,33,38)/t24-,25-,26+,28-/m0/s1. The first-order valence-electron chi connectivity index (χ1n) is 13.5. The number of hydrogen-bond acceptors (Lipinski definition) is 7. The Morgan fingerprint density at radius 3 is 2.15 bits per heavy atom. The maximum absolute atomic E-state index is 13.3. The van der Waals surface area contributed by atoms with Crippen molar-refractivity contribution in [3.05, 3.63) is 88.4 Å². The van der Waals surface area contributed by atoms with Gasteiger partial charge in [0.05, 0.1) is 16.5 Å². The zero-order chi connectivity index (χ0) is 28.3. The molecule has 0 spiro atoms. The van der Waals surface area contributed by atoms with Gasteiger partial charge in [0.25, 0.3) is 0 Å². The molecule has 0 radical (unpaired) electrons. The van der Waals surface area contributed by atoms with Crippen LogP contribution in [0.4, 0.5) is 4.79 Å². The number of thiazole rings is 1. The summed E-state index contributed by atoms with van der Waals surface area (Å²) in [4.78, 5) is 44.4. The Morgan fingerprint density at radius 2 is 1.60 bits per heavy atom. The van der Waals surface area contributed by atoms with E-state index in [9.17, 15) is 19.5 Å². The topological polar surface area (TPSA) is 121 Å². The van der Waals surface area contributed by atoms with Crippen molar-refractivity contribution in [2.45, 2.75) is 69.9 Å². The van der Waals surface area contributed by atoms with E-state index in [4.69, 9.17) is 4.74 Å². The smallest absolute Gasteiger partial charge is 0.407 e. The lowest BCUT2D eigenvalue weighted by Crippen LogP contribution is -2.49. The molecule has 0 bridgehead atoms. The minimum absolute atomic E-state index is 0.154. The quantitative estimate of drug-likeness (QED) is 0.310. The summed E-state index contributed by atoms with van der Waals surface area (Å²) in [7, 11) is 0.